The van der Waals surface area contributed by atoms with Gasteiger partial charge in [0.2, 0.25) is 0 Å². The van der Waals surface area contributed by atoms with Crippen LogP contribution in [0.4, 0.5) is 0 Å². The molecule has 1 heteroatoms. The van der Waals surface area contributed by atoms with Gasteiger partial charge in [0, 0.05) is 10.8 Å². The number of hydrogen-bond donors (Lipinski definition) is 0. The van der Waals surface area contributed by atoms with Gasteiger partial charge in [0.25, 0.3) is 0 Å². The van der Waals surface area contributed by atoms with E-state index in [9.17, 15) is 0 Å². The van der Waals surface area contributed by atoms with Gasteiger partial charge in [0.05, 0.1) is 6.85 Å². The van der Waals surface area contributed by atoms with Gasteiger partial charge in [0.15, 0.2) is 0 Å². The molecule has 0 atom stereocenters. The summed E-state index contributed by atoms with van der Waals surface area (Å²) in [6, 6.07) is 45.9. The maximum absolute atomic E-state index is 8.82. The van der Waals surface area contributed by atoms with Crippen LogP contribution < -0.4 is 0 Å². The van der Waals surface area contributed by atoms with Gasteiger partial charge in [-0.2, -0.15) is 0 Å². The molecule has 1 aromatic heterocycles. The van der Waals surface area contributed by atoms with Crippen molar-refractivity contribution in [2.24, 2.45) is 0 Å². The molecule has 0 bridgehead atoms. The molecule has 0 saturated heterocycles. The third-order valence-electron chi connectivity index (χ3n) is 8.77. The van der Waals surface area contributed by atoms with Gasteiger partial charge in [-0.05, 0) is 90.3 Å². The lowest BCUT2D eigenvalue weighted by atomic mass is 9.86. The number of furan rings is 1. The third-order valence-corrected chi connectivity index (χ3v) is 8.77. The molecule has 9 rings (SSSR count). The maximum Gasteiger partial charge on any atom is 0.136 e. The lowest BCUT2D eigenvalue weighted by Crippen LogP contribution is -1.90. The molecule has 0 radical (unpaired) electrons. The molecule has 0 fully saturated rings. The van der Waals surface area contributed by atoms with Crippen LogP contribution >= 0.6 is 0 Å². The number of fused-ring (bicyclic) bond motifs is 5. The van der Waals surface area contributed by atoms with Gasteiger partial charge in [-0.25, -0.2) is 0 Å². The van der Waals surface area contributed by atoms with Crippen LogP contribution in [0.5, 0.6) is 0 Å². The van der Waals surface area contributed by atoms with E-state index < -0.39 is 6.04 Å². The van der Waals surface area contributed by atoms with Crippen molar-refractivity contribution in [2.45, 2.75) is 0 Å². The lowest BCUT2D eigenvalue weighted by molar-refractivity contribution is 0.669. The molecule has 1 heterocycles. The number of hydrogen-bond acceptors (Lipinski definition) is 1. The first kappa shape index (κ1) is 20.9. The van der Waals surface area contributed by atoms with E-state index in [1.54, 1.807) is 0 Å². The summed E-state index contributed by atoms with van der Waals surface area (Å²) < 4.78 is 49.0. The second-order valence-corrected chi connectivity index (χ2v) is 11.3. The molecule has 9 aromatic rings. The van der Waals surface area contributed by atoms with Crippen molar-refractivity contribution in [1.29, 1.82) is 0 Å². The molecule has 0 aliphatic carbocycles. The molecule has 0 aliphatic rings. The molecule has 0 saturated carbocycles. The molecule has 0 N–H and O–H groups in total. The van der Waals surface area contributed by atoms with Gasteiger partial charge in [-0.15, -0.1) is 0 Å². The highest BCUT2D eigenvalue weighted by Crippen LogP contribution is 2.44. The zero-order valence-electron chi connectivity index (χ0n) is 29.2. The largest absolute Gasteiger partial charge is 0.456 e. The fourth-order valence-corrected chi connectivity index (χ4v) is 6.68. The summed E-state index contributed by atoms with van der Waals surface area (Å²) in [5.41, 5.74) is 9.02. The van der Waals surface area contributed by atoms with E-state index in [2.05, 4.69) is 78.9 Å². The molecule has 45 heavy (non-hydrogen) atoms. The number of benzene rings is 8. The van der Waals surface area contributed by atoms with Gasteiger partial charge in [-0.3, -0.25) is 0 Å². The molecule has 0 amide bonds. The summed E-state index contributed by atoms with van der Waals surface area (Å²) >= 11 is 0. The minimum atomic E-state index is -0.400. The molecular weight excluding hydrogens is 544 g/mol. The van der Waals surface area contributed by atoms with E-state index in [0.29, 0.717) is 5.56 Å². The van der Waals surface area contributed by atoms with Crippen LogP contribution in [0.3, 0.4) is 0 Å². The second-order valence-electron chi connectivity index (χ2n) is 11.3. The van der Waals surface area contributed by atoms with Crippen molar-refractivity contribution < 1.29 is 11.3 Å². The first-order valence-corrected chi connectivity index (χ1v) is 15.0. The fraction of sp³-hybridized carbons (Fsp3) is 0. The summed E-state index contributed by atoms with van der Waals surface area (Å²) in [6.07, 6.45) is 0. The van der Waals surface area contributed by atoms with Gasteiger partial charge in [0.1, 0.15) is 11.2 Å². The van der Waals surface area contributed by atoms with E-state index in [1.165, 1.54) is 11.1 Å². The fourth-order valence-electron chi connectivity index (χ4n) is 6.68. The first-order chi connectivity index (χ1) is 24.4. The molecule has 1 nitrogen and oxygen atoms in total. The van der Waals surface area contributed by atoms with Crippen molar-refractivity contribution >= 4 is 43.5 Å². The predicted octanol–water partition coefficient (Wildman–Crippen LogP) is 12.6. The Morgan fingerprint density at radius 3 is 1.49 bits per heavy atom. The zero-order chi connectivity index (χ0) is 34.1. The number of rotatable bonds is 4. The Kier molecular flexibility index (Phi) is 4.81. The summed E-state index contributed by atoms with van der Waals surface area (Å²) in [4.78, 5) is 0. The lowest BCUT2D eigenvalue weighted by Gasteiger charge is -2.17. The normalized spacial score (nSPS) is 13.1. The van der Waals surface area contributed by atoms with Crippen LogP contribution in [0.15, 0.2) is 174 Å². The summed E-state index contributed by atoms with van der Waals surface area (Å²) in [5.74, 6) is 0. The highest BCUT2D eigenvalue weighted by Gasteiger charge is 2.18. The Morgan fingerprint density at radius 2 is 0.844 bits per heavy atom. The van der Waals surface area contributed by atoms with Gasteiger partial charge < -0.3 is 4.42 Å². The Bertz CT molecular complexity index is 2720. The first-order valence-electron chi connectivity index (χ1n) is 17.5. The Balaban J connectivity index is 1.21. The predicted molar refractivity (Wildman–Crippen MR) is 190 cm³/mol. The third kappa shape index (κ3) is 4.24. The topological polar surface area (TPSA) is 13.1 Å². The van der Waals surface area contributed by atoms with Crippen LogP contribution in [0.25, 0.3) is 88.0 Å². The van der Waals surface area contributed by atoms with Crippen molar-refractivity contribution in [1.82, 2.24) is 0 Å². The standard InChI is InChI=1S/C44H28O/c1-3-11-29(12-4-1)30-19-21-31(22-20-30)33-23-25-35-40-27-34(24-26-41(40)45-42(35)28-33)44-38-17-9-7-15-36(38)43(32-13-5-2-6-14-32)37-16-8-10-18-39(37)44/h1-28H/i2D,5D,6D,13D,14D. The van der Waals surface area contributed by atoms with E-state index in [1.807, 2.05) is 60.7 Å². The molecule has 210 valence electrons. The smallest absolute Gasteiger partial charge is 0.136 e. The van der Waals surface area contributed by atoms with Crippen LogP contribution in [-0.2, 0) is 0 Å². The quantitative estimate of drug-likeness (QED) is 0.190. The molecule has 0 aliphatic heterocycles. The molecule has 0 spiro atoms. The van der Waals surface area contributed by atoms with Crippen molar-refractivity contribution in [3.8, 4) is 44.5 Å². The molecular formula is C44H28O. The monoisotopic (exact) mass is 577 g/mol. The van der Waals surface area contributed by atoms with E-state index in [0.717, 1.165) is 65.7 Å². The summed E-state index contributed by atoms with van der Waals surface area (Å²) in [7, 11) is 0. The van der Waals surface area contributed by atoms with Crippen molar-refractivity contribution in [3.05, 3.63) is 170 Å². The Labute approximate surface area is 268 Å². The summed E-state index contributed by atoms with van der Waals surface area (Å²) in [6.45, 7) is 0. The van der Waals surface area contributed by atoms with Gasteiger partial charge >= 0.3 is 0 Å². The highest BCUT2D eigenvalue weighted by atomic mass is 16.3. The molecule has 8 aromatic carbocycles. The minimum absolute atomic E-state index is 0.205. The average Bonchev–Trinajstić information content (AvgIpc) is 3.53. The van der Waals surface area contributed by atoms with Gasteiger partial charge in [-0.1, -0.05) is 145 Å². The van der Waals surface area contributed by atoms with Crippen molar-refractivity contribution in [3.63, 3.8) is 0 Å². The van der Waals surface area contributed by atoms with E-state index in [4.69, 9.17) is 11.3 Å². The van der Waals surface area contributed by atoms with E-state index >= 15 is 0 Å². The maximum atomic E-state index is 8.82. The van der Waals surface area contributed by atoms with Crippen LogP contribution in [0, 0.1) is 0 Å². The minimum Gasteiger partial charge on any atom is -0.456 e. The highest BCUT2D eigenvalue weighted by molar-refractivity contribution is 6.22. The Hall–Kier alpha value is -5.92. The van der Waals surface area contributed by atoms with Crippen LogP contribution in [0.1, 0.15) is 6.85 Å². The Morgan fingerprint density at radius 1 is 0.333 bits per heavy atom. The van der Waals surface area contributed by atoms with E-state index in [-0.39, 0.29) is 29.7 Å². The average molecular weight is 578 g/mol. The van der Waals surface area contributed by atoms with Crippen molar-refractivity contribution in [2.75, 3.05) is 0 Å². The molecule has 0 unspecified atom stereocenters. The second kappa shape index (κ2) is 10.4. The summed E-state index contributed by atoms with van der Waals surface area (Å²) in [5, 5.41) is 5.53. The van der Waals surface area contributed by atoms with Crippen LogP contribution in [-0.4, -0.2) is 0 Å². The SMILES string of the molecule is [2H]c1c([2H])c([2H])c(-c2c3ccccc3c(-c3ccc4oc5cc(-c6ccc(-c7ccccc7)cc6)ccc5c4c3)c3ccccc23)c([2H])c1[2H]. The van der Waals surface area contributed by atoms with Crippen LogP contribution in [0.2, 0.25) is 0 Å². The zero-order valence-corrected chi connectivity index (χ0v) is 24.2.